The van der Waals surface area contributed by atoms with Gasteiger partial charge in [-0.25, -0.2) is 0 Å². The van der Waals surface area contributed by atoms with Gasteiger partial charge in [-0.1, -0.05) is 84.4 Å². The van der Waals surface area contributed by atoms with Gasteiger partial charge in [0.2, 0.25) is 0 Å². The fraction of sp³-hybridized carbons (Fsp3) is 0.136. The van der Waals surface area contributed by atoms with Crippen LogP contribution < -0.4 is 0 Å². The number of Topliss-reactive ketones (excluding diaryl/α,β-unsaturated/α-hetero) is 1. The number of fused-ring (bicyclic) bond motifs is 1. The van der Waals surface area contributed by atoms with Crippen LogP contribution in [0.5, 0.6) is 0 Å². The molecule has 0 spiro atoms. The van der Waals surface area contributed by atoms with Crippen LogP contribution in [0.4, 0.5) is 0 Å². The molecule has 0 amide bonds. The summed E-state index contributed by atoms with van der Waals surface area (Å²) in [6.07, 6.45) is 0. The number of ketones is 1. The van der Waals surface area contributed by atoms with E-state index in [4.69, 9.17) is 0 Å². The zero-order valence-corrected chi connectivity index (χ0v) is 13.4. The quantitative estimate of drug-likeness (QED) is 0.769. The molecule has 0 radical (unpaired) electrons. The summed E-state index contributed by atoms with van der Waals surface area (Å²) >= 11 is 0. The van der Waals surface area contributed by atoms with E-state index >= 15 is 0 Å². The minimum Gasteiger partial charge on any atom is -0.379 e. The van der Waals surface area contributed by atoms with Gasteiger partial charge in [-0.3, -0.25) is 4.79 Å². The predicted molar refractivity (Wildman–Crippen MR) is 94.1 cm³/mol. The van der Waals surface area contributed by atoms with E-state index in [1.165, 1.54) is 0 Å². The Morgan fingerprint density at radius 1 is 0.833 bits per heavy atom. The molecular weight excluding hydrogens is 296 g/mol. The summed E-state index contributed by atoms with van der Waals surface area (Å²) in [7, 11) is 0. The molecular formula is C22H18O2. The Hall–Kier alpha value is -2.71. The second-order valence-electron chi connectivity index (χ2n) is 6.39. The van der Waals surface area contributed by atoms with Gasteiger partial charge in [0, 0.05) is 5.56 Å². The number of hydrogen-bond donors (Lipinski definition) is 1. The van der Waals surface area contributed by atoms with Gasteiger partial charge < -0.3 is 5.11 Å². The summed E-state index contributed by atoms with van der Waals surface area (Å²) in [4.78, 5) is 13.1. The van der Waals surface area contributed by atoms with Crippen LogP contribution in [0.2, 0.25) is 0 Å². The van der Waals surface area contributed by atoms with Gasteiger partial charge >= 0.3 is 0 Å². The van der Waals surface area contributed by atoms with Gasteiger partial charge in [0.05, 0.1) is 5.92 Å². The monoisotopic (exact) mass is 314 g/mol. The Morgan fingerprint density at radius 2 is 1.46 bits per heavy atom. The highest BCUT2D eigenvalue weighted by atomic mass is 16.3. The van der Waals surface area contributed by atoms with Crippen LogP contribution in [0.15, 0.2) is 78.9 Å². The third-order valence-electron chi connectivity index (χ3n) is 4.91. The first-order valence-corrected chi connectivity index (χ1v) is 8.10. The summed E-state index contributed by atoms with van der Waals surface area (Å²) < 4.78 is 0. The van der Waals surface area contributed by atoms with Crippen LogP contribution >= 0.6 is 0 Å². The summed E-state index contributed by atoms with van der Waals surface area (Å²) in [6, 6.07) is 24.7. The molecule has 0 fully saturated rings. The molecule has 1 N–H and O–H groups in total. The van der Waals surface area contributed by atoms with Gasteiger partial charge in [0.15, 0.2) is 5.78 Å². The van der Waals surface area contributed by atoms with E-state index in [9.17, 15) is 9.90 Å². The minimum atomic E-state index is -1.34. The van der Waals surface area contributed by atoms with Crippen LogP contribution in [-0.2, 0) is 5.60 Å². The van der Waals surface area contributed by atoms with Crippen LogP contribution in [0.25, 0.3) is 0 Å². The number of carbonyl (C=O) groups is 1. The summed E-state index contributed by atoms with van der Waals surface area (Å²) in [6.45, 7) is 2.01. The van der Waals surface area contributed by atoms with Crippen LogP contribution in [0.1, 0.15) is 38.5 Å². The lowest BCUT2D eigenvalue weighted by molar-refractivity contribution is 0.0533. The smallest absolute Gasteiger partial charge is 0.174 e. The van der Waals surface area contributed by atoms with Crippen LogP contribution in [-0.4, -0.2) is 10.9 Å². The first-order chi connectivity index (χ1) is 11.6. The topological polar surface area (TPSA) is 37.3 Å². The molecule has 1 aliphatic rings. The minimum absolute atomic E-state index is 0.0270. The van der Waals surface area contributed by atoms with Crippen molar-refractivity contribution in [3.63, 3.8) is 0 Å². The average Bonchev–Trinajstić information content (AvgIpc) is 2.86. The van der Waals surface area contributed by atoms with Gasteiger partial charge in [-0.05, 0) is 23.6 Å². The summed E-state index contributed by atoms with van der Waals surface area (Å²) in [5, 5.41) is 11.7. The Morgan fingerprint density at radius 3 is 2.17 bits per heavy atom. The SMILES string of the molecule is Cc1ccc([C@@H]2C(=O)c3ccccc3[C@]2(O)c2ccccc2)cc1. The van der Waals surface area contributed by atoms with Crippen molar-refractivity contribution in [3.8, 4) is 0 Å². The van der Waals surface area contributed by atoms with E-state index < -0.39 is 11.5 Å². The molecule has 0 bridgehead atoms. The zero-order chi connectivity index (χ0) is 16.7. The number of hydrogen-bond acceptors (Lipinski definition) is 2. The first kappa shape index (κ1) is 14.9. The first-order valence-electron chi connectivity index (χ1n) is 8.10. The molecule has 2 heteroatoms. The molecule has 0 unspecified atom stereocenters. The third-order valence-corrected chi connectivity index (χ3v) is 4.91. The molecule has 2 atom stereocenters. The van der Waals surface area contributed by atoms with E-state index in [-0.39, 0.29) is 5.78 Å². The number of aryl methyl sites for hydroxylation is 1. The molecule has 0 saturated heterocycles. The standard InChI is InChI=1S/C22H18O2/c1-15-11-13-16(14-12-15)20-21(23)18-9-5-6-10-19(18)22(20,24)17-7-3-2-4-8-17/h2-14,20,24H,1H3/t20-,22-/m1/s1. The van der Waals surface area contributed by atoms with Gasteiger partial charge in [0.25, 0.3) is 0 Å². The van der Waals surface area contributed by atoms with Crippen molar-refractivity contribution in [1.29, 1.82) is 0 Å². The number of rotatable bonds is 2. The highest BCUT2D eigenvalue weighted by Gasteiger charge is 2.52. The fourth-order valence-electron chi connectivity index (χ4n) is 3.70. The molecule has 24 heavy (non-hydrogen) atoms. The van der Waals surface area contributed by atoms with Crippen molar-refractivity contribution in [3.05, 3.63) is 107 Å². The van der Waals surface area contributed by atoms with E-state index in [2.05, 4.69) is 0 Å². The number of carbonyl (C=O) groups excluding carboxylic acids is 1. The molecule has 3 aromatic rings. The lowest BCUT2D eigenvalue weighted by Crippen LogP contribution is -2.33. The lowest BCUT2D eigenvalue weighted by Gasteiger charge is -2.31. The average molecular weight is 314 g/mol. The molecule has 1 aliphatic carbocycles. The van der Waals surface area contributed by atoms with Gasteiger partial charge in [-0.15, -0.1) is 0 Å². The highest BCUT2D eigenvalue weighted by molar-refractivity contribution is 6.07. The molecule has 2 nitrogen and oxygen atoms in total. The second kappa shape index (κ2) is 5.43. The molecule has 4 rings (SSSR count). The molecule has 0 aliphatic heterocycles. The van der Waals surface area contributed by atoms with E-state index in [0.717, 1.165) is 16.7 Å². The summed E-state index contributed by atoms with van der Waals surface area (Å²) in [5.74, 6) is -0.654. The second-order valence-corrected chi connectivity index (χ2v) is 6.39. The van der Waals surface area contributed by atoms with Crippen molar-refractivity contribution >= 4 is 5.78 Å². The van der Waals surface area contributed by atoms with Gasteiger partial charge in [0.1, 0.15) is 5.60 Å². The normalized spacial score (nSPS) is 22.4. The largest absolute Gasteiger partial charge is 0.379 e. The highest BCUT2D eigenvalue weighted by Crippen LogP contribution is 2.50. The Bertz CT molecular complexity index is 897. The van der Waals surface area contributed by atoms with Crippen LogP contribution in [0, 0.1) is 6.92 Å². The van der Waals surface area contributed by atoms with Crippen molar-refractivity contribution < 1.29 is 9.90 Å². The Kier molecular flexibility index (Phi) is 3.36. The molecule has 0 aromatic heterocycles. The van der Waals surface area contributed by atoms with Crippen LogP contribution in [0.3, 0.4) is 0 Å². The van der Waals surface area contributed by atoms with Crippen molar-refractivity contribution in [1.82, 2.24) is 0 Å². The lowest BCUT2D eigenvalue weighted by atomic mass is 9.77. The van der Waals surface area contributed by atoms with E-state index in [1.807, 2.05) is 79.7 Å². The molecule has 3 aromatic carbocycles. The zero-order valence-electron chi connectivity index (χ0n) is 13.4. The molecule has 118 valence electrons. The Balaban J connectivity index is 1.98. The molecule has 0 saturated carbocycles. The third kappa shape index (κ3) is 2.04. The van der Waals surface area contributed by atoms with Crippen molar-refractivity contribution in [2.45, 2.75) is 18.4 Å². The van der Waals surface area contributed by atoms with E-state index in [1.54, 1.807) is 6.07 Å². The van der Waals surface area contributed by atoms with Crippen molar-refractivity contribution in [2.75, 3.05) is 0 Å². The fourth-order valence-corrected chi connectivity index (χ4v) is 3.70. The number of aliphatic hydroxyl groups is 1. The summed E-state index contributed by atoms with van der Waals surface area (Å²) in [5.41, 5.74) is 2.66. The maximum absolute atomic E-state index is 13.1. The predicted octanol–water partition coefficient (Wildman–Crippen LogP) is 4.21. The van der Waals surface area contributed by atoms with Crippen molar-refractivity contribution in [2.24, 2.45) is 0 Å². The molecule has 0 heterocycles. The van der Waals surface area contributed by atoms with E-state index in [0.29, 0.717) is 11.1 Å². The maximum Gasteiger partial charge on any atom is 0.174 e. The Labute approximate surface area is 141 Å². The maximum atomic E-state index is 13.1. The van der Waals surface area contributed by atoms with Gasteiger partial charge in [-0.2, -0.15) is 0 Å². The number of benzene rings is 3.